The monoisotopic (exact) mass is 280 g/mol. The van der Waals surface area contributed by atoms with Crippen LogP contribution in [0.15, 0.2) is 24.3 Å². The van der Waals surface area contributed by atoms with Gasteiger partial charge in [-0.05, 0) is 38.1 Å². The summed E-state index contributed by atoms with van der Waals surface area (Å²) in [6, 6.07) is 8.08. The molecule has 0 aliphatic rings. The van der Waals surface area contributed by atoms with Crippen molar-refractivity contribution in [3.8, 4) is 5.75 Å². The Labute approximate surface area is 122 Å². The Hall–Kier alpha value is -1.10. The lowest BCUT2D eigenvalue weighted by Crippen LogP contribution is -2.34. The fourth-order valence-electron chi connectivity index (χ4n) is 2.08. The Balaban J connectivity index is 2.48. The molecular weight excluding hydrogens is 252 g/mol. The highest BCUT2D eigenvalue weighted by Crippen LogP contribution is 2.17. The van der Waals surface area contributed by atoms with Crippen molar-refractivity contribution >= 4 is 0 Å². The van der Waals surface area contributed by atoms with Crippen molar-refractivity contribution in [2.45, 2.75) is 26.8 Å². The van der Waals surface area contributed by atoms with Crippen LogP contribution in [0.3, 0.4) is 0 Å². The Morgan fingerprint density at radius 1 is 1.10 bits per heavy atom. The molecule has 0 heterocycles. The van der Waals surface area contributed by atoms with Crippen LogP contribution in [-0.4, -0.2) is 44.4 Å². The Morgan fingerprint density at radius 2 is 1.80 bits per heavy atom. The fraction of sp³-hybridized carbons (Fsp3) is 0.625. The molecule has 1 rings (SSSR count). The Kier molecular flexibility index (Phi) is 8.26. The summed E-state index contributed by atoms with van der Waals surface area (Å²) in [5.41, 5.74) is 7.42. The zero-order valence-corrected chi connectivity index (χ0v) is 13.0. The number of likely N-dealkylation sites (N-methyl/N-ethyl adjacent to an activating group) is 1. The van der Waals surface area contributed by atoms with E-state index >= 15 is 0 Å². The van der Waals surface area contributed by atoms with E-state index in [0.29, 0.717) is 6.61 Å². The van der Waals surface area contributed by atoms with Crippen molar-refractivity contribution in [1.29, 1.82) is 0 Å². The van der Waals surface area contributed by atoms with Gasteiger partial charge in [0.2, 0.25) is 0 Å². The SMILES string of the molecule is CCOCCN(CC)CC(N)c1ccc(OCC)cc1. The van der Waals surface area contributed by atoms with Crippen LogP contribution in [0.1, 0.15) is 32.4 Å². The highest BCUT2D eigenvalue weighted by Gasteiger charge is 2.11. The molecule has 0 aliphatic heterocycles. The molecule has 4 heteroatoms. The second kappa shape index (κ2) is 9.75. The molecule has 1 aromatic rings. The van der Waals surface area contributed by atoms with E-state index in [9.17, 15) is 0 Å². The second-order valence-corrected chi connectivity index (χ2v) is 4.70. The van der Waals surface area contributed by atoms with Gasteiger partial charge in [-0.2, -0.15) is 0 Å². The van der Waals surface area contributed by atoms with E-state index in [0.717, 1.165) is 44.2 Å². The number of ether oxygens (including phenoxy) is 2. The maximum absolute atomic E-state index is 6.28. The summed E-state index contributed by atoms with van der Waals surface area (Å²) < 4.78 is 10.8. The number of nitrogens with two attached hydrogens (primary N) is 1. The van der Waals surface area contributed by atoms with Crippen LogP contribution in [0, 0.1) is 0 Å². The van der Waals surface area contributed by atoms with Crippen molar-refractivity contribution in [3.63, 3.8) is 0 Å². The lowest BCUT2D eigenvalue weighted by atomic mass is 10.1. The summed E-state index contributed by atoms with van der Waals surface area (Å²) in [6.45, 7) is 11.1. The molecule has 0 aromatic heterocycles. The minimum Gasteiger partial charge on any atom is -0.494 e. The third kappa shape index (κ3) is 5.90. The molecule has 0 radical (unpaired) electrons. The van der Waals surface area contributed by atoms with Crippen LogP contribution in [0.4, 0.5) is 0 Å². The number of rotatable bonds is 10. The van der Waals surface area contributed by atoms with Crippen molar-refractivity contribution in [3.05, 3.63) is 29.8 Å². The minimum absolute atomic E-state index is 0.0206. The standard InChI is InChI=1S/C16H28N2O2/c1-4-18(11-12-19-5-2)13-16(17)14-7-9-15(10-8-14)20-6-3/h7-10,16H,4-6,11-13,17H2,1-3H3. The van der Waals surface area contributed by atoms with Gasteiger partial charge in [-0.3, -0.25) is 4.90 Å². The van der Waals surface area contributed by atoms with E-state index in [2.05, 4.69) is 11.8 Å². The smallest absolute Gasteiger partial charge is 0.119 e. The predicted molar refractivity (Wildman–Crippen MR) is 83.1 cm³/mol. The van der Waals surface area contributed by atoms with Gasteiger partial charge in [0.05, 0.1) is 13.2 Å². The first-order valence-electron chi connectivity index (χ1n) is 7.49. The van der Waals surface area contributed by atoms with Gasteiger partial charge in [0.1, 0.15) is 5.75 Å². The highest BCUT2D eigenvalue weighted by atomic mass is 16.5. The van der Waals surface area contributed by atoms with Crippen LogP contribution in [0.25, 0.3) is 0 Å². The van der Waals surface area contributed by atoms with E-state index in [1.165, 1.54) is 0 Å². The molecule has 4 nitrogen and oxygen atoms in total. The molecule has 0 spiro atoms. The summed E-state index contributed by atoms with van der Waals surface area (Å²) in [6.07, 6.45) is 0. The van der Waals surface area contributed by atoms with Crippen LogP contribution < -0.4 is 10.5 Å². The lowest BCUT2D eigenvalue weighted by Gasteiger charge is -2.24. The third-order valence-corrected chi connectivity index (χ3v) is 3.28. The van der Waals surface area contributed by atoms with Gasteiger partial charge in [-0.25, -0.2) is 0 Å². The first-order valence-corrected chi connectivity index (χ1v) is 7.49. The summed E-state index contributed by atoms with van der Waals surface area (Å²) in [5, 5.41) is 0. The summed E-state index contributed by atoms with van der Waals surface area (Å²) in [7, 11) is 0. The maximum atomic E-state index is 6.28. The van der Waals surface area contributed by atoms with Gasteiger partial charge in [0, 0.05) is 25.7 Å². The van der Waals surface area contributed by atoms with Crippen LogP contribution >= 0.6 is 0 Å². The van der Waals surface area contributed by atoms with E-state index < -0.39 is 0 Å². The molecule has 1 aromatic carbocycles. The maximum Gasteiger partial charge on any atom is 0.119 e. The number of hydrogen-bond donors (Lipinski definition) is 1. The number of benzene rings is 1. The first kappa shape index (κ1) is 17.0. The first-order chi connectivity index (χ1) is 9.71. The Morgan fingerprint density at radius 3 is 2.35 bits per heavy atom. The average molecular weight is 280 g/mol. The molecule has 114 valence electrons. The van der Waals surface area contributed by atoms with Crippen molar-refractivity contribution in [2.24, 2.45) is 5.73 Å². The largest absolute Gasteiger partial charge is 0.494 e. The average Bonchev–Trinajstić information content (AvgIpc) is 2.47. The van der Waals surface area contributed by atoms with Crippen LogP contribution in [0.2, 0.25) is 0 Å². The molecular formula is C16H28N2O2. The van der Waals surface area contributed by atoms with E-state index in [1.54, 1.807) is 0 Å². The van der Waals surface area contributed by atoms with Crippen molar-refractivity contribution < 1.29 is 9.47 Å². The van der Waals surface area contributed by atoms with Crippen molar-refractivity contribution in [1.82, 2.24) is 4.90 Å². The number of nitrogens with zero attached hydrogens (tertiary/aromatic N) is 1. The predicted octanol–water partition coefficient (Wildman–Crippen LogP) is 2.44. The quantitative estimate of drug-likeness (QED) is 0.669. The fourth-order valence-corrected chi connectivity index (χ4v) is 2.08. The molecule has 0 aliphatic carbocycles. The molecule has 0 fully saturated rings. The third-order valence-electron chi connectivity index (χ3n) is 3.28. The molecule has 20 heavy (non-hydrogen) atoms. The topological polar surface area (TPSA) is 47.7 Å². The summed E-state index contributed by atoms with van der Waals surface area (Å²) >= 11 is 0. The van der Waals surface area contributed by atoms with Crippen LogP contribution in [-0.2, 0) is 4.74 Å². The highest BCUT2D eigenvalue weighted by molar-refractivity contribution is 5.29. The lowest BCUT2D eigenvalue weighted by molar-refractivity contribution is 0.113. The molecule has 0 bridgehead atoms. The van der Waals surface area contributed by atoms with Gasteiger partial charge >= 0.3 is 0 Å². The minimum atomic E-state index is 0.0206. The van der Waals surface area contributed by atoms with E-state index in [-0.39, 0.29) is 6.04 Å². The second-order valence-electron chi connectivity index (χ2n) is 4.70. The molecule has 0 saturated heterocycles. The molecule has 2 N–H and O–H groups in total. The van der Waals surface area contributed by atoms with Gasteiger partial charge in [0.25, 0.3) is 0 Å². The Bertz CT molecular complexity index is 354. The molecule has 0 saturated carbocycles. The number of hydrogen-bond acceptors (Lipinski definition) is 4. The molecule has 0 amide bonds. The van der Waals surface area contributed by atoms with Crippen molar-refractivity contribution in [2.75, 3.05) is 39.5 Å². The zero-order chi connectivity index (χ0) is 14.8. The van der Waals surface area contributed by atoms with Gasteiger partial charge < -0.3 is 15.2 Å². The van der Waals surface area contributed by atoms with E-state index in [4.69, 9.17) is 15.2 Å². The van der Waals surface area contributed by atoms with Gasteiger partial charge in [-0.1, -0.05) is 19.1 Å². The van der Waals surface area contributed by atoms with Gasteiger partial charge in [-0.15, -0.1) is 0 Å². The molecule has 1 atom stereocenters. The zero-order valence-electron chi connectivity index (χ0n) is 13.0. The summed E-state index contributed by atoms with van der Waals surface area (Å²) in [4.78, 5) is 2.32. The molecule has 1 unspecified atom stereocenters. The summed E-state index contributed by atoms with van der Waals surface area (Å²) in [5.74, 6) is 0.896. The van der Waals surface area contributed by atoms with Crippen LogP contribution in [0.5, 0.6) is 5.75 Å². The van der Waals surface area contributed by atoms with E-state index in [1.807, 2.05) is 38.1 Å². The van der Waals surface area contributed by atoms with Gasteiger partial charge in [0.15, 0.2) is 0 Å². The normalized spacial score (nSPS) is 12.7.